The fourth-order valence-corrected chi connectivity index (χ4v) is 1.31. The van der Waals surface area contributed by atoms with Gasteiger partial charge in [0.25, 0.3) is 0 Å². The summed E-state index contributed by atoms with van der Waals surface area (Å²) in [5.74, 6) is 0.706. The van der Waals surface area contributed by atoms with Gasteiger partial charge >= 0.3 is 0 Å². The maximum absolute atomic E-state index is 5.90. The van der Waals surface area contributed by atoms with Gasteiger partial charge in [-0.2, -0.15) is 0 Å². The van der Waals surface area contributed by atoms with E-state index in [1.165, 1.54) is 0 Å². The molecule has 0 aliphatic heterocycles. The van der Waals surface area contributed by atoms with Crippen LogP contribution in [0.25, 0.3) is 0 Å². The van der Waals surface area contributed by atoms with E-state index in [1.807, 2.05) is 18.2 Å². The molecule has 0 fully saturated rings. The second-order valence-corrected chi connectivity index (χ2v) is 2.91. The zero-order chi connectivity index (χ0) is 8.97. The van der Waals surface area contributed by atoms with Crippen LogP contribution in [0.15, 0.2) is 18.2 Å². The van der Waals surface area contributed by atoms with Crippen molar-refractivity contribution in [2.75, 3.05) is 13.7 Å². The SMILES string of the molecule is COc1ccc(CCN)cc1Cl. The number of ether oxygens (including phenoxy) is 1. The molecule has 0 aliphatic carbocycles. The first-order valence-electron chi connectivity index (χ1n) is 3.80. The van der Waals surface area contributed by atoms with Crippen LogP contribution in [0.4, 0.5) is 0 Å². The first-order chi connectivity index (χ1) is 5.77. The van der Waals surface area contributed by atoms with Gasteiger partial charge in [0.2, 0.25) is 0 Å². The molecule has 0 aromatic heterocycles. The first kappa shape index (κ1) is 9.36. The second-order valence-electron chi connectivity index (χ2n) is 2.51. The van der Waals surface area contributed by atoms with Crippen molar-refractivity contribution in [3.8, 4) is 5.75 Å². The third-order valence-corrected chi connectivity index (χ3v) is 1.94. The fraction of sp³-hybridized carbons (Fsp3) is 0.333. The Bertz CT molecular complexity index is 263. The standard InChI is InChI=1S/C9H12ClNO/c1-12-9-3-2-7(4-5-11)6-8(9)10/h2-3,6H,4-5,11H2,1H3. The summed E-state index contributed by atoms with van der Waals surface area (Å²) < 4.78 is 5.01. The maximum Gasteiger partial charge on any atom is 0.137 e. The minimum Gasteiger partial charge on any atom is -0.495 e. The molecule has 3 heteroatoms. The highest BCUT2D eigenvalue weighted by atomic mass is 35.5. The predicted octanol–water partition coefficient (Wildman–Crippen LogP) is 1.85. The van der Waals surface area contributed by atoms with E-state index in [9.17, 15) is 0 Å². The van der Waals surface area contributed by atoms with Crippen molar-refractivity contribution in [2.24, 2.45) is 5.73 Å². The minimum absolute atomic E-state index is 0.642. The highest BCUT2D eigenvalue weighted by Gasteiger charge is 2.00. The van der Waals surface area contributed by atoms with Crippen molar-refractivity contribution in [1.82, 2.24) is 0 Å². The molecule has 66 valence electrons. The van der Waals surface area contributed by atoms with E-state index >= 15 is 0 Å². The average molecular weight is 186 g/mol. The molecule has 0 spiro atoms. The Kier molecular flexibility index (Phi) is 3.38. The highest BCUT2D eigenvalue weighted by Crippen LogP contribution is 2.24. The van der Waals surface area contributed by atoms with Crippen LogP contribution >= 0.6 is 11.6 Å². The first-order valence-corrected chi connectivity index (χ1v) is 4.18. The van der Waals surface area contributed by atoms with Crippen LogP contribution in [0.2, 0.25) is 5.02 Å². The monoisotopic (exact) mass is 185 g/mol. The third-order valence-electron chi connectivity index (χ3n) is 1.65. The largest absolute Gasteiger partial charge is 0.495 e. The van der Waals surface area contributed by atoms with Crippen LogP contribution in [0.3, 0.4) is 0 Å². The summed E-state index contributed by atoms with van der Waals surface area (Å²) in [5, 5.41) is 0.642. The molecule has 2 N–H and O–H groups in total. The topological polar surface area (TPSA) is 35.2 Å². The smallest absolute Gasteiger partial charge is 0.137 e. The zero-order valence-electron chi connectivity index (χ0n) is 7.01. The maximum atomic E-state index is 5.90. The summed E-state index contributed by atoms with van der Waals surface area (Å²) in [6.07, 6.45) is 0.851. The van der Waals surface area contributed by atoms with Crippen molar-refractivity contribution < 1.29 is 4.74 Å². The summed E-state index contributed by atoms with van der Waals surface area (Å²) in [4.78, 5) is 0. The van der Waals surface area contributed by atoms with Gasteiger partial charge in [-0.1, -0.05) is 17.7 Å². The highest BCUT2D eigenvalue weighted by molar-refractivity contribution is 6.32. The number of rotatable bonds is 3. The molecule has 0 atom stereocenters. The van der Waals surface area contributed by atoms with Crippen LogP contribution in [-0.2, 0) is 6.42 Å². The quantitative estimate of drug-likeness (QED) is 0.780. The summed E-state index contributed by atoms with van der Waals surface area (Å²) in [6.45, 7) is 0.642. The number of halogens is 1. The number of benzene rings is 1. The molecule has 0 saturated carbocycles. The Morgan fingerprint density at radius 2 is 2.25 bits per heavy atom. The van der Waals surface area contributed by atoms with Crippen LogP contribution in [0, 0.1) is 0 Å². The summed E-state index contributed by atoms with van der Waals surface area (Å²) in [7, 11) is 1.60. The second kappa shape index (κ2) is 4.33. The van der Waals surface area contributed by atoms with E-state index < -0.39 is 0 Å². The van der Waals surface area contributed by atoms with Gasteiger partial charge in [-0.05, 0) is 30.7 Å². The van der Waals surface area contributed by atoms with E-state index in [4.69, 9.17) is 22.1 Å². The molecule has 2 nitrogen and oxygen atoms in total. The molecule has 1 rings (SSSR count). The number of hydrogen-bond donors (Lipinski definition) is 1. The lowest BCUT2D eigenvalue weighted by Crippen LogP contribution is -2.02. The number of methoxy groups -OCH3 is 1. The molecule has 0 radical (unpaired) electrons. The third kappa shape index (κ3) is 2.13. The molecule has 0 heterocycles. The molecule has 1 aromatic carbocycles. The van der Waals surface area contributed by atoms with Gasteiger partial charge < -0.3 is 10.5 Å². The summed E-state index contributed by atoms with van der Waals surface area (Å²) in [5.41, 5.74) is 6.55. The van der Waals surface area contributed by atoms with E-state index in [-0.39, 0.29) is 0 Å². The summed E-state index contributed by atoms with van der Waals surface area (Å²) in [6, 6.07) is 5.71. The molecule has 0 unspecified atom stereocenters. The molecule has 0 bridgehead atoms. The van der Waals surface area contributed by atoms with Gasteiger partial charge in [0.1, 0.15) is 5.75 Å². The lowest BCUT2D eigenvalue weighted by Gasteiger charge is -2.04. The lowest BCUT2D eigenvalue weighted by molar-refractivity contribution is 0.415. The van der Waals surface area contributed by atoms with Crippen molar-refractivity contribution >= 4 is 11.6 Å². The van der Waals surface area contributed by atoms with Gasteiger partial charge in [-0.3, -0.25) is 0 Å². The Morgan fingerprint density at radius 3 is 2.75 bits per heavy atom. The van der Waals surface area contributed by atoms with Crippen LogP contribution in [0.1, 0.15) is 5.56 Å². The van der Waals surface area contributed by atoms with Crippen molar-refractivity contribution in [2.45, 2.75) is 6.42 Å². The lowest BCUT2D eigenvalue weighted by atomic mass is 10.1. The van der Waals surface area contributed by atoms with E-state index in [1.54, 1.807) is 7.11 Å². The molecular weight excluding hydrogens is 174 g/mol. The fourth-order valence-electron chi connectivity index (χ4n) is 1.03. The Hall–Kier alpha value is -0.730. The number of hydrogen-bond acceptors (Lipinski definition) is 2. The Morgan fingerprint density at radius 1 is 1.50 bits per heavy atom. The van der Waals surface area contributed by atoms with Crippen molar-refractivity contribution in [1.29, 1.82) is 0 Å². The Balaban J connectivity index is 2.86. The summed E-state index contributed by atoms with van der Waals surface area (Å²) >= 11 is 5.90. The zero-order valence-corrected chi connectivity index (χ0v) is 7.77. The van der Waals surface area contributed by atoms with Crippen molar-refractivity contribution in [3.05, 3.63) is 28.8 Å². The average Bonchev–Trinajstić information content (AvgIpc) is 2.05. The normalized spacial score (nSPS) is 9.92. The molecular formula is C9H12ClNO. The molecule has 0 saturated heterocycles. The predicted molar refractivity (Wildman–Crippen MR) is 50.8 cm³/mol. The Labute approximate surface area is 77.3 Å². The van der Waals surface area contributed by atoms with Crippen LogP contribution in [0.5, 0.6) is 5.75 Å². The molecule has 12 heavy (non-hydrogen) atoms. The minimum atomic E-state index is 0.642. The van der Waals surface area contributed by atoms with E-state index in [0.29, 0.717) is 17.3 Å². The van der Waals surface area contributed by atoms with E-state index in [2.05, 4.69) is 0 Å². The van der Waals surface area contributed by atoms with Crippen LogP contribution in [-0.4, -0.2) is 13.7 Å². The number of nitrogens with two attached hydrogens (primary N) is 1. The van der Waals surface area contributed by atoms with E-state index in [0.717, 1.165) is 12.0 Å². The van der Waals surface area contributed by atoms with Crippen molar-refractivity contribution in [3.63, 3.8) is 0 Å². The van der Waals surface area contributed by atoms with Gasteiger partial charge in [-0.15, -0.1) is 0 Å². The van der Waals surface area contributed by atoms with Gasteiger partial charge in [0, 0.05) is 0 Å². The molecule has 0 amide bonds. The van der Waals surface area contributed by atoms with Gasteiger partial charge in [0.05, 0.1) is 12.1 Å². The molecule has 1 aromatic rings. The molecule has 0 aliphatic rings. The van der Waals surface area contributed by atoms with Gasteiger partial charge in [-0.25, -0.2) is 0 Å². The van der Waals surface area contributed by atoms with Gasteiger partial charge in [0.15, 0.2) is 0 Å². The van der Waals surface area contributed by atoms with Crippen LogP contribution < -0.4 is 10.5 Å².